The molecule has 2 N–H and O–H groups in total. The van der Waals surface area contributed by atoms with Crippen molar-refractivity contribution in [3.05, 3.63) is 35.4 Å². The first kappa shape index (κ1) is 13.1. The summed E-state index contributed by atoms with van der Waals surface area (Å²) < 4.78 is 5.02. The molecule has 0 atom stereocenters. The van der Waals surface area contributed by atoms with E-state index in [9.17, 15) is 4.79 Å². The third kappa shape index (κ3) is 3.31. The fraction of sp³-hybridized carbons (Fsp3) is 0.500. The van der Waals surface area contributed by atoms with E-state index in [1.54, 1.807) is 19.2 Å². The smallest absolute Gasteiger partial charge is 0.251 e. The van der Waals surface area contributed by atoms with Crippen LogP contribution in [-0.2, 0) is 11.3 Å². The second-order valence-electron chi connectivity index (χ2n) is 4.83. The van der Waals surface area contributed by atoms with E-state index in [4.69, 9.17) is 9.84 Å². The number of rotatable bonds is 5. The molecule has 0 aromatic heterocycles. The van der Waals surface area contributed by atoms with Gasteiger partial charge in [-0.1, -0.05) is 12.1 Å². The van der Waals surface area contributed by atoms with Crippen molar-refractivity contribution in [2.24, 2.45) is 5.92 Å². The second-order valence-corrected chi connectivity index (χ2v) is 4.83. The summed E-state index contributed by atoms with van der Waals surface area (Å²) in [6, 6.07) is 7.40. The topological polar surface area (TPSA) is 58.6 Å². The highest BCUT2D eigenvalue weighted by molar-refractivity contribution is 5.94. The van der Waals surface area contributed by atoms with Gasteiger partial charge in [0.2, 0.25) is 0 Å². The van der Waals surface area contributed by atoms with E-state index >= 15 is 0 Å². The number of hydrogen-bond donors (Lipinski definition) is 2. The van der Waals surface area contributed by atoms with Crippen molar-refractivity contribution < 1.29 is 14.6 Å². The normalized spacial score (nSPS) is 22.3. The van der Waals surface area contributed by atoms with Gasteiger partial charge in [-0.2, -0.15) is 0 Å². The van der Waals surface area contributed by atoms with Gasteiger partial charge in [-0.15, -0.1) is 0 Å². The molecule has 0 unspecified atom stereocenters. The predicted molar refractivity (Wildman–Crippen MR) is 68.2 cm³/mol. The lowest BCUT2D eigenvalue weighted by Gasteiger charge is -2.31. The largest absolute Gasteiger partial charge is 0.393 e. The maximum atomic E-state index is 11.8. The van der Waals surface area contributed by atoms with Crippen LogP contribution in [0.5, 0.6) is 0 Å². The number of ether oxygens (including phenoxy) is 1. The van der Waals surface area contributed by atoms with E-state index in [2.05, 4.69) is 5.32 Å². The lowest BCUT2D eigenvalue weighted by molar-refractivity contribution is 0.0420. The first-order valence-electron chi connectivity index (χ1n) is 6.23. The molecule has 18 heavy (non-hydrogen) atoms. The molecule has 4 heteroatoms. The zero-order valence-electron chi connectivity index (χ0n) is 10.6. The third-order valence-corrected chi connectivity index (χ3v) is 3.29. The average molecular weight is 249 g/mol. The first-order chi connectivity index (χ1) is 8.69. The van der Waals surface area contributed by atoms with Gasteiger partial charge in [-0.25, -0.2) is 0 Å². The van der Waals surface area contributed by atoms with E-state index in [0.717, 1.165) is 18.4 Å². The van der Waals surface area contributed by atoms with E-state index in [-0.39, 0.29) is 12.0 Å². The van der Waals surface area contributed by atoms with Crippen molar-refractivity contribution in [3.63, 3.8) is 0 Å². The Kier molecular flexibility index (Phi) is 4.33. The van der Waals surface area contributed by atoms with Crippen molar-refractivity contribution in [3.8, 4) is 0 Å². The standard InChI is InChI=1S/C14H19NO3/c1-18-9-10-2-4-12(5-3-10)14(17)15-8-11-6-13(16)7-11/h2-5,11,13,16H,6-9H2,1H3,(H,15,17). The lowest BCUT2D eigenvalue weighted by atomic mass is 9.82. The van der Waals surface area contributed by atoms with E-state index in [1.165, 1.54) is 0 Å². The minimum atomic E-state index is -0.166. The van der Waals surface area contributed by atoms with Gasteiger partial charge in [0.05, 0.1) is 12.7 Å². The fourth-order valence-electron chi connectivity index (χ4n) is 2.13. The Hall–Kier alpha value is -1.39. The van der Waals surface area contributed by atoms with Crippen LogP contribution in [-0.4, -0.2) is 30.8 Å². The zero-order chi connectivity index (χ0) is 13.0. The Morgan fingerprint density at radius 1 is 1.39 bits per heavy atom. The summed E-state index contributed by atoms with van der Waals surface area (Å²) in [4.78, 5) is 11.8. The molecule has 0 saturated heterocycles. The maximum Gasteiger partial charge on any atom is 0.251 e. The van der Waals surface area contributed by atoms with Crippen molar-refractivity contribution >= 4 is 5.91 Å². The van der Waals surface area contributed by atoms with Crippen LogP contribution >= 0.6 is 0 Å². The summed E-state index contributed by atoms with van der Waals surface area (Å²) in [7, 11) is 1.65. The van der Waals surface area contributed by atoms with Gasteiger partial charge < -0.3 is 15.2 Å². The van der Waals surface area contributed by atoms with Crippen LogP contribution in [0.2, 0.25) is 0 Å². The van der Waals surface area contributed by atoms with Crippen LogP contribution in [0.3, 0.4) is 0 Å². The number of amides is 1. The Bertz CT molecular complexity index is 396. The van der Waals surface area contributed by atoms with Gasteiger partial charge >= 0.3 is 0 Å². The lowest BCUT2D eigenvalue weighted by Crippen LogP contribution is -2.38. The summed E-state index contributed by atoms with van der Waals surface area (Å²) in [5, 5.41) is 12.0. The van der Waals surface area contributed by atoms with Gasteiger partial charge in [0.1, 0.15) is 0 Å². The Labute approximate surface area is 107 Å². The Balaban J connectivity index is 1.81. The molecule has 1 aliphatic rings. The molecule has 1 aliphatic carbocycles. The zero-order valence-corrected chi connectivity index (χ0v) is 10.6. The van der Waals surface area contributed by atoms with Crippen LogP contribution in [0.15, 0.2) is 24.3 Å². The molecule has 0 heterocycles. The molecule has 0 radical (unpaired) electrons. The van der Waals surface area contributed by atoms with Gasteiger partial charge in [-0.05, 0) is 36.5 Å². The molecule has 1 saturated carbocycles. The number of nitrogens with one attached hydrogen (secondary N) is 1. The molecule has 1 amide bonds. The third-order valence-electron chi connectivity index (χ3n) is 3.29. The average Bonchev–Trinajstić information content (AvgIpc) is 2.34. The van der Waals surface area contributed by atoms with E-state index in [1.807, 2.05) is 12.1 Å². The van der Waals surface area contributed by atoms with Crippen LogP contribution in [0.1, 0.15) is 28.8 Å². The quantitative estimate of drug-likeness (QED) is 0.827. The van der Waals surface area contributed by atoms with Crippen molar-refractivity contribution in [1.29, 1.82) is 0 Å². The van der Waals surface area contributed by atoms with E-state index < -0.39 is 0 Å². The van der Waals surface area contributed by atoms with Crippen LogP contribution in [0.4, 0.5) is 0 Å². The fourth-order valence-corrected chi connectivity index (χ4v) is 2.13. The molecule has 2 rings (SSSR count). The SMILES string of the molecule is COCc1ccc(C(=O)NCC2CC(O)C2)cc1. The highest BCUT2D eigenvalue weighted by Gasteiger charge is 2.27. The van der Waals surface area contributed by atoms with Gasteiger partial charge in [0, 0.05) is 19.2 Å². The second kappa shape index (κ2) is 5.98. The number of carbonyl (C=O) groups excluding carboxylic acids is 1. The molecule has 4 nitrogen and oxygen atoms in total. The summed E-state index contributed by atoms with van der Waals surface area (Å²) >= 11 is 0. The summed E-state index contributed by atoms with van der Waals surface area (Å²) in [6.45, 7) is 1.21. The van der Waals surface area contributed by atoms with Gasteiger partial charge in [0.15, 0.2) is 0 Å². The minimum Gasteiger partial charge on any atom is -0.393 e. The molecule has 98 valence electrons. The van der Waals surface area contributed by atoms with Crippen LogP contribution in [0.25, 0.3) is 0 Å². The molecule has 0 bridgehead atoms. The van der Waals surface area contributed by atoms with Crippen LogP contribution in [0, 0.1) is 5.92 Å². The number of hydrogen-bond acceptors (Lipinski definition) is 3. The number of carbonyl (C=O) groups is 1. The Morgan fingerprint density at radius 3 is 2.61 bits per heavy atom. The minimum absolute atomic E-state index is 0.0552. The van der Waals surface area contributed by atoms with Crippen molar-refractivity contribution in [2.45, 2.75) is 25.6 Å². The van der Waals surface area contributed by atoms with E-state index in [0.29, 0.717) is 24.6 Å². The molecule has 1 aromatic rings. The Morgan fingerprint density at radius 2 is 2.06 bits per heavy atom. The van der Waals surface area contributed by atoms with Gasteiger partial charge in [-0.3, -0.25) is 4.79 Å². The summed E-state index contributed by atoms with van der Waals surface area (Å²) in [6.07, 6.45) is 1.43. The molecular weight excluding hydrogens is 230 g/mol. The highest BCUT2D eigenvalue weighted by atomic mass is 16.5. The first-order valence-corrected chi connectivity index (χ1v) is 6.23. The predicted octanol–water partition coefficient (Wildman–Crippen LogP) is 1.33. The molecule has 0 spiro atoms. The number of methoxy groups -OCH3 is 1. The van der Waals surface area contributed by atoms with Crippen molar-refractivity contribution in [1.82, 2.24) is 5.32 Å². The summed E-state index contributed by atoms with van der Waals surface area (Å²) in [5.41, 5.74) is 1.71. The van der Waals surface area contributed by atoms with Crippen molar-refractivity contribution in [2.75, 3.05) is 13.7 Å². The van der Waals surface area contributed by atoms with Gasteiger partial charge in [0.25, 0.3) is 5.91 Å². The number of benzene rings is 1. The highest BCUT2D eigenvalue weighted by Crippen LogP contribution is 2.26. The molecular formula is C14H19NO3. The van der Waals surface area contributed by atoms with Crippen LogP contribution < -0.4 is 5.32 Å². The molecule has 1 aromatic carbocycles. The number of aliphatic hydroxyl groups excluding tert-OH is 1. The molecule has 0 aliphatic heterocycles. The maximum absolute atomic E-state index is 11.8. The monoisotopic (exact) mass is 249 g/mol. The number of aliphatic hydroxyl groups is 1. The summed E-state index contributed by atoms with van der Waals surface area (Å²) in [5.74, 6) is 0.372. The molecule has 1 fully saturated rings.